The lowest BCUT2D eigenvalue weighted by Crippen LogP contribution is -2.66. The van der Waals surface area contributed by atoms with Crippen molar-refractivity contribution >= 4 is 0 Å². The van der Waals surface area contributed by atoms with Crippen molar-refractivity contribution in [2.24, 2.45) is 46.3 Å². The molecule has 0 aromatic rings. The average Bonchev–Trinajstić information content (AvgIpc) is 3.66. The first-order valence-corrected chi connectivity index (χ1v) is 22.7. The smallest absolute Gasteiger partial charge is 0.187 e. The summed E-state index contributed by atoms with van der Waals surface area (Å²) in [5.41, 5.74) is 0.681. The summed E-state index contributed by atoms with van der Waals surface area (Å²) in [5.74, 6) is 1.67. The molecule has 0 amide bonds. The van der Waals surface area contributed by atoms with Crippen molar-refractivity contribution in [1.29, 1.82) is 0 Å². The van der Waals surface area contributed by atoms with E-state index in [0.717, 1.165) is 50.7 Å². The zero-order valence-corrected chi connectivity index (χ0v) is 35.8. The molecule has 5 saturated heterocycles. The molecule has 8 fully saturated rings. The van der Waals surface area contributed by atoms with E-state index in [1.165, 1.54) is 6.92 Å². The highest BCUT2D eigenvalue weighted by Crippen LogP contribution is 2.71. The number of aliphatic hydroxyl groups is 8. The van der Waals surface area contributed by atoms with Crippen LogP contribution < -0.4 is 0 Å². The highest BCUT2D eigenvalue weighted by molar-refractivity contribution is 5.29. The van der Waals surface area contributed by atoms with Crippen LogP contribution in [0.3, 0.4) is 0 Å². The van der Waals surface area contributed by atoms with Crippen LogP contribution in [0.1, 0.15) is 92.9 Å². The van der Waals surface area contributed by atoms with Crippen molar-refractivity contribution < 1.29 is 78.7 Å². The van der Waals surface area contributed by atoms with Gasteiger partial charge in [-0.3, -0.25) is 0 Å². The van der Waals surface area contributed by atoms with E-state index in [9.17, 15) is 40.9 Å². The SMILES string of the molecule is C[C@@H]1CC[C@]2(OC1)O[C@H]1C[C@H]3[C@@H]4CC=C5C[C@@H](O)C[C@@H](O[C@@H]6O[C@H](C)[C@H](O)[C@H](O[C@@H]7OC[C@@H](O)[C@H](O)[C@H]7O)[C@H]6O[C@@H]6O[C@@H](C)[C@H](O)[C@@H](O)[C@H]6O)[C@@]5(C)[C@H]4CC[C@@]3(C)[C@H]1[C@@H]2C. The molecule has 0 unspecified atom stereocenters. The van der Waals surface area contributed by atoms with E-state index in [-0.39, 0.29) is 36.4 Å². The van der Waals surface area contributed by atoms with Crippen LogP contribution in [0.2, 0.25) is 0 Å². The Kier molecular flexibility index (Phi) is 12.0. The molecular formula is C44H70O16. The molecule has 0 bridgehead atoms. The topological polar surface area (TPSA) is 236 Å². The summed E-state index contributed by atoms with van der Waals surface area (Å²) in [6.45, 7) is 12.8. The molecule has 0 radical (unpaired) electrons. The quantitative estimate of drug-likeness (QED) is 0.173. The fourth-order valence-corrected chi connectivity index (χ4v) is 13.8. The van der Waals surface area contributed by atoms with Gasteiger partial charge in [-0.1, -0.05) is 39.3 Å². The molecule has 16 heteroatoms. The summed E-state index contributed by atoms with van der Waals surface area (Å²) in [6, 6.07) is 0. The first-order valence-electron chi connectivity index (χ1n) is 22.7. The number of ether oxygens (including phenoxy) is 8. The molecule has 9 rings (SSSR count). The predicted octanol–water partition coefficient (Wildman–Crippen LogP) is 0.852. The van der Waals surface area contributed by atoms with Gasteiger partial charge >= 0.3 is 0 Å². The van der Waals surface area contributed by atoms with E-state index in [1.54, 1.807) is 6.92 Å². The standard InChI is InChI=1S/C44H70O16/c1-18-9-12-44(54-16-18)19(2)30-28(60-44)15-26-24-8-7-22-13-23(45)14-29(43(22,6)25(24)10-11-42(26,30)5)57-41-38(59-40-36(52)34(50)31(47)20(3)55-40)37(32(48)21(4)56-41)58-39-35(51)33(49)27(46)17-53-39/h7,18-21,23-41,45-52H,8-17H2,1-6H3/t18-,19+,20+,21-,23-,24-,25+,26+,27-,28+,29-,30+,31+,32+,33+,34-,35-,36-,37+,38-,39+,40+,41+,42-,43-,44+/m1/s1. The maximum atomic E-state index is 11.6. The lowest BCUT2D eigenvalue weighted by atomic mass is 9.46. The summed E-state index contributed by atoms with van der Waals surface area (Å²) >= 11 is 0. The van der Waals surface area contributed by atoms with Gasteiger partial charge in [0.2, 0.25) is 0 Å². The molecular weight excluding hydrogens is 784 g/mol. The van der Waals surface area contributed by atoms with Crippen LogP contribution in [0, 0.1) is 46.3 Å². The summed E-state index contributed by atoms with van der Waals surface area (Å²) < 4.78 is 51.1. The van der Waals surface area contributed by atoms with Crippen LogP contribution in [-0.2, 0) is 37.9 Å². The number of hydrogen-bond acceptors (Lipinski definition) is 16. The fourth-order valence-electron chi connectivity index (χ4n) is 13.8. The van der Waals surface area contributed by atoms with Crippen LogP contribution in [-0.4, -0.2) is 164 Å². The summed E-state index contributed by atoms with van der Waals surface area (Å²) in [4.78, 5) is 0. The van der Waals surface area contributed by atoms with Crippen molar-refractivity contribution in [1.82, 2.24) is 0 Å². The monoisotopic (exact) mass is 854 g/mol. The Morgan fingerprint density at radius 1 is 0.683 bits per heavy atom. The van der Waals surface area contributed by atoms with Gasteiger partial charge in [0.05, 0.1) is 43.7 Å². The van der Waals surface area contributed by atoms with Crippen LogP contribution in [0.5, 0.6) is 0 Å². The van der Waals surface area contributed by atoms with Gasteiger partial charge in [-0.05, 0) is 87.4 Å². The van der Waals surface area contributed by atoms with Gasteiger partial charge in [0.15, 0.2) is 24.7 Å². The number of allylic oxidation sites excluding steroid dienone is 1. The normalized spacial score (nSPS) is 59.2. The van der Waals surface area contributed by atoms with Crippen molar-refractivity contribution in [3.63, 3.8) is 0 Å². The molecule has 16 nitrogen and oxygen atoms in total. The molecule has 8 N–H and O–H groups in total. The lowest BCUT2D eigenvalue weighted by molar-refractivity contribution is -0.391. The second kappa shape index (κ2) is 16.2. The lowest BCUT2D eigenvalue weighted by Gasteiger charge is -2.60. The molecule has 0 aromatic carbocycles. The zero-order chi connectivity index (χ0) is 42.8. The maximum Gasteiger partial charge on any atom is 0.187 e. The van der Waals surface area contributed by atoms with Crippen LogP contribution in [0.25, 0.3) is 0 Å². The van der Waals surface area contributed by atoms with Crippen molar-refractivity contribution in [3.05, 3.63) is 11.6 Å². The molecule has 26 atom stereocenters. The Bertz CT molecular complexity index is 1580. The molecule has 1 spiro atoms. The van der Waals surface area contributed by atoms with Crippen molar-refractivity contribution in [2.75, 3.05) is 13.2 Å². The summed E-state index contributed by atoms with van der Waals surface area (Å²) in [7, 11) is 0. The largest absolute Gasteiger partial charge is 0.393 e. The van der Waals surface area contributed by atoms with E-state index in [1.807, 2.05) is 0 Å². The van der Waals surface area contributed by atoms with Gasteiger partial charge in [-0.25, -0.2) is 0 Å². The Balaban J connectivity index is 1.01. The van der Waals surface area contributed by atoms with Crippen LogP contribution in [0.4, 0.5) is 0 Å². The highest BCUT2D eigenvalue weighted by atomic mass is 16.8. The molecule has 4 aliphatic carbocycles. The van der Waals surface area contributed by atoms with Gasteiger partial charge in [-0.2, -0.15) is 0 Å². The first kappa shape index (κ1) is 44.3. The Morgan fingerprint density at radius 3 is 2.12 bits per heavy atom. The van der Waals surface area contributed by atoms with Gasteiger partial charge in [0.25, 0.3) is 0 Å². The zero-order valence-electron chi connectivity index (χ0n) is 35.8. The molecule has 5 heterocycles. The van der Waals surface area contributed by atoms with E-state index in [0.29, 0.717) is 30.1 Å². The minimum absolute atomic E-state index is 0.0699. The third-order valence-corrected chi connectivity index (χ3v) is 17.3. The van der Waals surface area contributed by atoms with Gasteiger partial charge in [0.1, 0.15) is 54.9 Å². The molecule has 3 saturated carbocycles. The minimum atomic E-state index is -1.72. The number of hydrogen-bond donors (Lipinski definition) is 8. The van der Waals surface area contributed by atoms with E-state index in [2.05, 4.69) is 33.8 Å². The predicted molar refractivity (Wildman–Crippen MR) is 208 cm³/mol. The van der Waals surface area contributed by atoms with Crippen LogP contribution in [0.15, 0.2) is 11.6 Å². The van der Waals surface area contributed by atoms with Crippen LogP contribution >= 0.6 is 0 Å². The molecule has 60 heavy (non-hydrogen) atoms. The fraction of sp³-hybridized carbons (Fsp3) is 0.955. The third-order valence-electron chi connectivity index (χ3n) is 17.3. The summed E-state index contributed by atoms with van der Waals surface area (Å²) in [6.07, 6.45) is -12.0. The third kappa shape index (κ3) is 7.01. The van der Waals surface area contributed by atoms with E-state index < -0.39 is 109 Å². The molecule has 342 valence electrons. The Hall–Kier alpha value is -0.900. The second-order valence-corrected chi connectivity index (χ2v) is 20.7. The highest BCUT2D eigenvalue weighted by Gasteiger charge is 2.69. The van der Waals surface area contributed by atoms with E-state index >= 15 is 0 Å². The number of rotatable bonds is 6. The van der Waals surface area contributed by atoms with Crippen molar-refractivity contribution in [3.8, 4) is 0 Å². The summed E-state index contributed by atoms with van der Waals surface area (Å²) in [5, 5.41) is 86.8. The molecule has 0 aromatic heterocycles. The first-order chi connectivity index (χ1) is 28.4. The van der Waals surface area contributed by atoms with Crippen molar-refractivity contribution in [2.45, 2.75) is 203 Å². The molecule has 9 aliphatic rings. The number of aliphatic hydroxyl groups excluding tert-OH is 8. The number of fused-ring (bicyclic) bond motifs is 7. The second-order valence-electron chi connectivity index (χ2n) is 20.7. The Labute approximate surface area is 352 Å². The molecule has 5 aliphatic heterocycles. The maximum absolute atomic E-state index is 11.6. The Morgan fingerprint density at radius 2 is 1.38 bits per heavy atom. The van der Waals surface area contributed by atoms with Gasteiger partial charge < -0.3 is 78.7 Å². The van der Waals surface area contributed by atoms with Gasteiger partial charge in [-0.15, -0.1) is 0 Å². The van der Waals surface area contributed by atoms with E-state index in [4.69, 9.17) is 37.9 Å². The average molecular weight is 855 g/mol. The van der Waals surface area contributed by atoms with Gasteiger partial charge in [0, 0.05) is 24.2 Å². The minimum Gasteiger partial charge on any atom is -0.393 e.